The number of carbonyl (C=O) groups excluding carboxylic acids is 3. The summed E-state index contributed by atoms with van der Waals surface area (Å²) in [6.45, 7) is 6.11. The lowest BCUT2D eigenvalue weighted by Crippen LogP contribution is -2.58. The molecule has 10 nitrogen and oxygen atoms in total. The van der Waals surface area contributed by atoms with Crippen LogP contribution < -0.4 is 4.74 Å². The predicted molar refractivity (Wildman–Crippen MR) is 133 cm³/mol. The lowest BCUT2D eigenvalue weighted by Gasteiger charge is -2.43. The quantitative estimate of drug-likeness (QED) is 0.392. The molecule has 0 amide bonds. The van der Waals surface area contributed by atoms with Gasteiger partial charge in [0.1, 0.15) is 23.4 Å². The lowest BCUT2D eigenvalue weighted by molar-refractivity contribution is -0.217. The maximum atomic E-state index is 13.5. The van der Waals surface area contributed by atoms with Crippen molar-refractivity contribution in [3.05, 3.63) is 63.7 Å². The summed E-state index contributed by atoms with van der Waals surface area (Å²) in [5.74, 6) is -3.28. The van der Waals surface area contributed by atoms with E-state index in [-0.39, 0.29) is 35.0 Å². The van der Waals surface area contributed by atoms with Crippen LogP contribution in [0.25, 0.3) is 0 Å². The number of methoxy groups -OCH3 is 1. The molecule has 0 spiro atoms. The van der Waals surface area contributed by atoms with Gasteiger partial charge in [-0.3, -0.25) is 9.59 Å². The molecular formula is C28H30O10. The van der Waals surface area contributed by atoms with Crippen LogP contribution in [0.15, 0.2) is 35.9 Å². The number of rotatable bonds is 5. The third-order valence-electron chi connectivity index (χ3n) is 6.57. The first-order chi connectivity index (χ1) is 17.9. The second-order valence-corrected chi connectivity index (χ2v) is 9.73. The van der Waals surface area contributed by atoms with E-state index in [1.165, 1.54) is 32.2 Å². The molecule has 1 heterocycles. The summed E-state index contributed by atoms with van der Waals surface area (Å²) in [5.41, 5.74) is 1.86. The number of aromatic hydroxyl groups is 2. The molecule has 38 heavy (non-hydrogen) atoms. The number of allylic oxidation sites excluding steroid dienone is 1. The van der Waals surface area contributed by atoms with Gasteiger partial charge in [-0.2, -0.15) is 0 Å². The first-order valence-electron chi connectivity index (χ1n) is 12.0. The third kappa shape index (κ3) is 4.97. The van der Waals surface area contributed by atoms with Gasteiger partial charge in [0, 0.05) is 25.0 Å². The van der Waals surface area contributed by atoms with Gasteiger partial charge < -0.3 is 34.3 Å². The Balaban J connectivity index is 1.87. The van der Waals surface area contributed by atoms with Crippen LogP contribution >= 0.6 is 0 Å². The van der Waals surface area contributed by atoms with Crippen LogP contribution in [0.2, 0.25) is 0 Å². The Morgan fingerprint density at radius 2 is 1.63 bits per heavy atom. The Morgan fingerprint density at radius 3 is 2.24 bits per heavy atom. The minimum Gasteiger partial charge on any atom is -0.507 e. The first-order valence-corrected chi connectivity index (χ1v) is 12.0. The molecule has 1 aliphatic carbocycles. The maximum Gasteiger partial charge on any atom is 0.331 e. The molecule has 2 aliphatic rings. The number of aryl methyl sites for hydroxylation is 1. The fourth-order valence-electron chi connectivity index (χ4n) is 5.13. The highest BCUT2D eigenvalue weighted by atomic mass is 16.6. The van der Waals surface area contributed by atoms with E-state index in [4.69, 9.17) is 18.9 Å². The molecule has 2 aromatic rings. The molecular weight excluding hydrogens is 496 g/mol. The van der Waals surface area contributed by atoms with E-state index in [0.717, 1.165) is 0 Å². The van der Waals surface area contributed by atoms with Gasteiger partial charge in [0.05, 0.1) is 30.9 Å². The van der Waals surface area contributed by atoms with Gasteiger partial charge in [-0.05, 0) is 49.6 Å². The number of carbonyl (C=O) groups is 3. The molecule has 10 heteroatoms. The zero-order chi connectivity index (χ0) is 27.9. The van der Waals surface area contributed by atoms with Gasteiger partial charge >= 0.3 is 11.9 Å². The fraction of sp³-hybridized carbons (Fsp3) is 0.393. The van der Waals surface area contributed by atoms with Crippen LogP contribution in [0, 0.1) is 6.92 Å². The zero-order valence-corrected chi connectivity index (χ0v) is 21.7. The van der Waals surface area contributed by atoms with E-state index in [2.05, 4.69) is 0 Å². The predicted octanol–water partition coefficient (Wildman–Crippen LogP) is 2.66. The summed E-state index contributed by atoms with van der Waals surface area (Å²) in [6.07, 6.45) is -3.82. The van der Waals surface area contributed by atoms with Gasteiger partial charge in [-0.25, -0.2) is 4.79 Å². The van der Waals surface area contributed by atoms with E-state index in [0.29, 0.717) is 22.3 Å². The molecule has 0 bridgehead atoms. The topological polar surface area (TPSA) is 149 Å². The monoisotopic (exact) mass is 526 g/mol. The number of phenols is 2. The highest BCUT2D eigenvalue weighted by Gasteiger charge is 2.50. The van der Waals surface area contributed by atoms with Crippen molar-refractivity contribution < 1.29 is 48.7 Å². The van der Waals surface area contributed by atoms with Gasteiger partial charge in [0.2, 0.25) is 5.78 Å². The van der Waals surface area contributed by atoms with Crippen molar-refractivity contribution in [1.82, 2.24) is 0 Å². The van der Waals surface area contributed by atoms with E-state index in [9.17, 15) is 29.7 Å². The van der Waals surface area contributed by atoms with Crippen molar-refractivity contribution in [2.75, 3.05) is 13.7 Å². The van der Waals surface area contributed by atoms with Gasteiger partial charge in [-0.15, -0.1) is 0 Å². The lowest BCUT2D eigenvalue weighted by atomic mass is 9.71. The molecule has 4 rings (SSSR count). The fourth-order valence-corrected chi connectivity index (χ4v) is 5.13. The van der Waals surface area contributed by atoms with Crippen molar-refractivity contribution in [2.24, 2.45) is 0 Å². The Labute approximate surface area is 219 Å². The molecule has 5 atom stereocenters. The molecule has 2 aromatic carbocycles. The van der Waals surface area contributed by atoms with Gasteiger partial charge in [0.15, 0.2) is 12.2 Å². The van der Waals surface area contributed by atoms with Crippen molar-refractivity contribution >= 4 is 17.7 Å². The molecule has 3 N–H and O–H groups in total. The second-order valence-electron chi connectivity index (χ2n) is 9.73. The summed E-state index contributed by atoms with van der Waals surface area (Å²) < 4.78 is 22.2. The maximum absolute atomic E-state index is 13.5. The minimum atomic E-state index is -1.53. The van der Waals surface area contributed by atoms with E-state index < -0.39 is 48.1 Å². The molecule has 0 unspecified atom stereocenters. The summed E-state index contributed by atoms with van der Waals surface area (Å²) in [6, 6.07) is 5.95. The number of benzene rings is 2. The standard InChI is InChI=1S/C28H30O10/c1-12(2)6-21(32)38-27-20(37-14(4)29)11-36-28(26(27)34)22-16-7-13(3)8-18(30)23(16)25(33)24-17(22)9-15(35-5)10-19(24)31/h6-10,20,22,26-28,30-31,34H,11H2,1-5H3/t20-,22-,26-,27-,28+/m1/s1. The number of ketones is 1. The molecule has 1 aliphatic heterocycles. The normalized spacial score (nSPS) is 24.1. The van der Waals surface area contributed by atoms with E-state index >= 15 is 0 Å². The Hall–Kier alpha value is -3.89. The number of ether oxygens (including phenoxy) is 4. The molecule has 1 saturated heterocycles. The largest absolute Gasteiger partial charge is 0.507 e. The molecule has 0 aromatic heterocycles. The van der Waals surface area contributed by atoms with E-state index in [1.807, 2.05) is 0 Å². The van der Waals surface area contributed by atoms with Gasteiger partial charge in [-0.1, -0.05) is 11.6 Å². The Morgan fingerprint density at radius 1 is 1.00 bits per heavy atom. The van der Waals surface area contributed by atoms with Crippen molar-refractivity contribution in [2.45, 2.75) is 58.0 Å². The first kappa shape index (κ1) is 27.2. The third-order valence-corrected chi connectivity index (χ3v) is 6.57. The molecule has 1 fully saturated rings. The Kier molecular flexibility index (Phi) is 7.48. The number of aliphatic hydroxyl groups is 1. The second kappa shape index (κ2) is 10.5. The highest BCUT2D eigenvalue weighted by molar-refractivity contribution is 6.16. The smallest absolute Gasteiger partial charge is 0.331 e. The molecule has 0 radical (unpaired) electrons. The van der Waals surface area contributed by atoms with Crippen LogP contribution in [0.5, 0.6) is 17.2 Å². The number of aliphatic hydroxyl groups excluding tert-OH is 1. The van der Waals surface area contributed by atoms with E-state index in [1.54, 1.807) is 32.9 Å². The minimum absolute atomic E-state index is 0.0374. The van der Waals surface area contributed by atoms with Gasteiger partial charge in [0.25, 0.3) is 0 Å². The van der Waals surface area contributed by atoms with Crippen LogP contribution in [-0.2, 0) is 23.8 Å². The zero-order valence-electron chi connectivity index (χ0n) is 21.7. The summed E-state index contributed by atoms with van der Waals surface area (Å²) in [4.78, 5) is 37.7. The van der Waals surface area contributed by atoms with Crippen LogP contribution in [0.4, 0.5) is 0 Å². The van der Waals surface area contributed by atoms with Crippen LogP contribution in [0.1, 0.15) is 59.3 Å². The van der Waals surface area contributed by atoms with Crippen molar-refractivity contribution in [3.63, 3.8) is 0 Å². The number of phenolic OH excluding ortho intramolecular Hbond substituents is 2. The average Bonchev–Trinajstić information content (AvgIpc) is 2.80. The Bertz CT molecular complexity index is 1320. The average molecular weight is 527 g/mol. The number of fused-ring (bicyclic) bond motifs is 2. The van der Waals surface area contributed by atoms with Crippen molar-refractivity contribution in [1.29, 1.82) is 0 Å². The molecule has 0 saturated carbocycles. The van der Waals surface area contributed by atoms with Crippen LogP contribution in [-0.4, -0.2) is 71.2 Å². The summed E-state index contributed by atoms with van der Waals surface area (Å²) >= 11 is 0. The number of hydrogen-bond acceptors (Lipinski definition) is 10. The SMILES string of the molecule is COc1cc(O)c2c(c1)[C@H]([C@@H]1OC[C@@H](OC(C)=O)[C@@H](OC(=O)C=C(C)C)[C@H]1O)c1cc(C)cc(O)c1C2=O. The highest BCUT2D eigenvalue weighted by Crippen LogP contribution is 2.48. The molecule has 202 valence electrons. The number of esters is 2. The summed E-state index contributed by atoms with van der Waals surface area (Å²) in [7, 11) is 1.40. The summed E-state index contributed by atoms with van der Waals surface area (Å²) in [5, 5.41) is 33.1. The number of hydrogen-bond donors (Lipinski definition) is 3. The van der Waals surface area contributed by atoms with Crippen LogP contribution in [0.3, 0.4) is 0 Å². The van der Waals surface area contributed by atoms with Crippen molar-refractivity contribution in [3.8, 4) is 17.2 Å².